The summed E-state index contributed by atoms with van der Waals surface area (Å²) < 4.78 is 12.1. The molecule has 4 rings (SSSR count). The van der Waals surface area contributed by atoms with E-state index < -0.39 is 18.0 Å². The maximum atomic E-state index is 13.3. The van der Waals surface area contributed by atoms with Crippen molar-refractivity contribution in [2.45, 2.75) is 19.9 Å². The van der Waals surface area contributed by atoms with E-state index in [1.54, 1.807) is 41.8 Å². The van der Waals surface area contributed by atoms with Crippen molar-refractivity contribution in [1.29, 1.82) is 0 Å². The molecule has 0 spiro atoms. The lowest BCUT2D eigenvalue weighted by Gasteiger charge is -2.22. The average molecular weight is 455 g/mol. The molecule has 0 radical (unpaired) electrons. The van der Waals surface area contributed by atoms with Gasteiger partial charge in [-0.2, -0.15) is 0 Å². The number of rotatable bonds is 4. The summed E-state index contributed by atoms with van der Waals surface area (Å²) in [5, 5.41) is 1.90. The predicted molar refractivity (Wildman–Crippen MR) is 118 cm³/mol. The van der Waals surface area contributed by atoms with Crippen molar-refractivity contribution < 1.29 is 19.1 Å². The molecule has 2 aromatic heterocycles. The first-order valence-electron chi connectivity index (χ1n) is 9.32. The number of esters is 2. The Morgan fingerprint density at radius 1 is 1.19 bits per heavy atom. The van der Waals surface area contributed by atoms with E-state index in [2.05, 4.69) is 4.99 Å². The van der Waals surface area contributed by atoms with E-state index in [4.69, 9.17) is 9.47 Å². The second kappa shape index (κ2) is 8.44. The number of benzene rings is 1. The van der Waals surface area contributed by atoms with Gasteiger partial charge in [-0.15, -0.1) is 11.3 Å². The molecule has 1 aliphatic heterocycles. The molecule has 0 saturated carbocycles. The lowest BCUT2D eigenvalue weighted by molar-refractivity contribution is -0.136. The molecule has 9 heteroatoms. The van der Waals surface area contributed by atoms with Crippen molar-refractivity contribution in [3.8, 4) is 5.75 Å². The molecule has 1 aliphatic rings. The van der Waals surface area contributed by atoms with Crippen molar-refractivity contribution in [2.24, 2.45) is 4.99 Å². The summed E-state index contributed by atoms with van der Waals surface area (Å²) in [5.41, 5.74) is 1.43. The van der Waals surface area contributed by atoms with Crippen LogP contribution in [0.4, 0.5) is 0 Å². The van der Waals surface area contributed by atoms with Gasteiger partial charge in [0.05, 0.1) is 22.9 Å². The van der Waals surface area contributed by atoms with Gasteiger partial charge < -0.3 is 9.47 Å². The second-order valence-corrected chi connectivity index (χ2v) is 8.74. The van der Waals surface area contributed by atoms with Crippen molar-refractivity contribution in [3.63, 3.8) is 0 Å². The van der Waals surface area contributed by atoms with Crippen LogP contribution in [0.25, 0.3) is 6.08 Å². The predicted octanol–water partition coefficient (Wildman–Crippen LogP) is 2.40. The third kappa shape index (κ3) is 4.01. The first-order valence-corrected chi connectivity index (χ1v) is 11.0. The van der Waals surface area contributed by atoms with Gasteiger partial charge in [0.15, 0.2) is 4.80 Å². The number of aromatic nitrogens is 1. The standard InChI is InChI=1S/C22H18N2O5S2/c1-12-18(21(27)28-3)19(16-5-4-10-30-16)24-20(26)17(31-22(24)23-12)11-14-6-8-15(9-7-14)29-13(2)25/h4-11,19H,1-3H3/b17-11+/t19-/m0/s1. The number of hydrogen-bond acceptors (Lipinski definition) is 8. The number of hydrogen-bond donors (Lipinski definition) is 0. The van der Waals surface area contributed by atoms with E-state index in [1.165, 1.54) is 36.7 Å². The number of thiazole rings is 1. The fourth-order valence-corrected chi connectivity index (χ4v) is 5.23. The number of nitrogens with zero attached hydrogens (tertiary/aromatic N) is 2. The molecule has 3 heterocycles. The molecule has 0 aliphatic carbocycles. The van der Waals surface area contributed by atoms with Crippen LogP contribution in [-0.2, 0) is 14.3 Å². The highest BCUT2D eigenvalue weighted by atomic mass is 32.1. The molecule has 0 amide bonds. The Balaban J connectivity index is 1.85. The van der Waals surface area contributed by atoms with Crippen LogP contribution in [0.5, 0.6) is 5.75 Å². The number of carbonyl (C=O) groups is 2. The first kappa shape index (κ1) is 21.0. The van der Waals surface area contributed by atoms with Gasteiger partial charge in [-0.1, -0.05) is 29.5 Å². The Morgan fingerprint density at radius 2 is 1.94 bits per heavy atom. The van der Waals surface area contributed by atoms with Crippen LogP contribution in [-0.4, -0.2) is 23.6 Å². The number of carbonyl (C=O) groups excluding carboxylic acids is 2. The number of ether oxygens (including phenoxy) is 2. The van der Waals surface area contributed by atoms with Gasteiger partial charge in [0.1, 0.15) is 11.8 Å². The van der Waals surface area contributed by atoms with E-state index >= 15 is 0 Å². The molecule has 0 unspecified atom stereocenters. The molecule has 158 valence electrons. The maximum Gasteiger partial charge on any atom is 0.338 e. The van der Waals surface area contributed by atoms with Gasteiger partial charge in [-0.05, 0) is 42.1 Å². The minimum absolute atomic E-state index is 0.236. The zero-order valence-corrected chi connectivity index (χ0v) is 18.6. The van der Waals surface area contributed by atoms with Crippen LogP contribution < -0.4 is 19.6 Å². The highest BCUT2D eigenvalue weighted by Gasteiger charge is 2.33. The SMILES string of the molecule is COC(=O)C1=C(C)N=c2s/c(=C/c3ccc(OC(C)=O)cc3)c(=O)n2[C@H]1c1cccs1. The number of methoxy groups -OCH3 is 1. The van der Waals surface area contributed by atoms with Gasteiger partial charge >= 0.3 is 11.9 Å². The summed E-state index contributed by atoms with van der Waals surface area (Å²) in [6.07, 6.45) is 1.75. The summed E-state index contributed by atoms with van der Waals surface area (Å²) in [6.45, 7) is 3.08. The van der Waals surface area contributed by atoms with Gasteiger partial charge in [-0.3, -0.25) is 14.2 Å². The van der Waals surface area contributed by atoms with Crippen LogP contribution in [0, 0.1) is 0 Å². The summed E-state index contributed by atoms with van der Waals surface area (Å²) in [6, 6.07) is 10.0. The Labute approximate surface area is 185 Å². The van der Waals surface area contributed by atoms with Gasteiger partial charge in [0.25, 0.3) is 5.56 Å². The second-order valence-electron chi connectivity index (χ2n) is 6.75. The largest absolute Gasteiger partial charge is 0.466 e. The molecular weight excluding hydrogens is 436 g/mol. The Bertz CT molecular complexity index is 1360. The van der Waals surface area contributed by atoms with E-state index in [1.807, 2.05) is 17.5 Å². The summed E-state index contributed by atoms with van der Waals surface area (Å²) in [4.78, 5) is 42.8. The van der Waals surface area contributed by atoms with E-state index in [9.17, 15) is 14.4 Å². The molecular formula is C22H18N2O5S2. The van der Waals surface area contributed by atoms with Crippen molar-refractivity contribution in [3.05, 3.63) is 83.2 Å². The van der Waals surface area contributed by atoms with Crippen LogP contribution >= 0.6 is 22.7 Å². The van der Waals surface area contributed by atoms with Crippen LogP contribution in [0.3, 0.4) is 0 Å². The van der Waals surface area contributed by atoms with Crippen molar-refractivity contribution in [1.82, 2.24) is 4.57 Å². The van der Waals surface area contributed by atoms with E-state index in [0.29, 0.717) is 26.4 Å². The third-order valence-corrected chi connectivity index (χ3v) is 6.59. The zero-order chi connectivity index (χ0) is 22.1. The monoisotopic (exact) mass is 454 g/mol. The Hall–Kier alpha value is -3.30. The number of thiophene rings is 1. The molecule has 7 nitrogen and oxygen atoms in total. The summed E-state index contributed by atoms with van der Waals surface area (Å²) in [7, 11) is 1.32. The highest BCUT2D eigenvalue weighted by molar-refractivity contribution is 7.10. The molecule has 1 atom stereocenters. The normalized spacial score (nSPS) is 16.0. The van der Waals surface area contributed by atoms with Crippen LogP contribution in [0.15, 0.2) is 62.8 Å². The molecule has 0 saturated heterocycles. The van der Waals surface area contributed by atoms with Gasteiger partial charge in [-0.25, -0.2) is 9.79 Å². The van der Waals surface area contributed by atoms with E-state index in [-0.39, 0.29) is 5.56 Å². The smallest absolute Gasteiger partial charge is 0.338 e. The molecule has 0 fully saturated rings. The highest BCUT2D eigenvalue weighted by Crippen LogP contribution is 2.32. The minimum Gasteiger partial charge on any atom is -0.466 e. The van der Waals surface area contributed by atoms with Gasteiger partial charge in [0, 0.05) is 11.8 Å². The van der Waals surface area contributed by atoms with Crippen molar-refractivity contribution >= 4 is 40.7 Å². The molecule has 0 bridgehead atoms. The molecule has 1 aromatic carbocycles. The van der Waals surface area contributed by atoms with Crippen LogP contribution in [0.2, 0.25) is 0 Å². The maximum absolute atomic E-state index is 13.3. The summed E-state index contributed by atoms with van der Waals surface area (Å²) >= 11 is 2.72. The fourth-order valence-electron chi connectivity index (χ4n) is 3.36. The minimum atomic E-state index is -0.586. The topological polar surface area (TPSA) is 87.0 Å². The molecule has 0 N–H and O–H groups in total. The Kier molecular flexibility index (Phi) is 5.71. The number of fused-ring (bicyclic) bond motifs is 1. The fraction of sp³-hybridized carbons (Fsp3) is 0.182. The molecule has 3 aromatic rings. The Morgan fingerprint density at radius 3 is 2.55 bits per heavy atom. The number of allylic oxidation sites excluding steroid dienone is 1. The lowest BCUT2D eigenvalue weighted by Crippen LogP contribution is -2.39. The van der Waals surface area contributed by atoms with Crippen molar-refractivity contribution in [2.75, 3.05) is 7.11 Å². The van der Waals surface area contributed by atoms with E-state index in [0.717, 1.165) is 10.4 Å². The molecule has 31 heavy (non-hydrogen) atoms. The summed E-state index contributed by atoms with van der Waals surface area (Å²) in [5.74, 6) is -0.469. The zero-order valence-electron chi connectivity index (χ0n) is 16.9. The quantitative estimate of drug-likeness (QED) is 0.446. The average Bonchev–Trinajstić information content (AvgIpc) is 3.36. The first-order chi connectivity index (χ1) is 14.9. The van der Waals surface area contributed by atoms with Gasteiger partial charge in [0.2, 0.25) is 0 Å². The third-order valence-electron chi connectivity index (χ3n) is 4.68. The lowest BCUT2D eigenvalue weighted by atomic mass is 10.0. The van der Waals surface area contributed by atoms with Crippen LogP contribution in [0.1, 0.15) is 30.3 Å².